The number of phenolic OH excluding ortho intramolecular Hbond substituents is 1. The number of amides is 3. The van der Waals surface area contributed by atoms with Crippen molar-refractivity contribution in [3.05, 3.63) is 81.0 Å². The first kappa shape index (κ1) is 28.5. The second kappa shape index (κ2) is 13.1. The van der Waals surface area contributed by atoms with Crippen molar-refractivity contribution in [2.75, 3.05) is 26.2 Å². The molecular weight excluding hydrogens is 510 g/mol. The lowest BCUT2D eigenvalue weighted by Crippen LogP contribution is -2.42. The Kier molecular flexibility index (Phi) is 9.31. The Balaban J connectivity index is 1.48. The summed E-state index contributed by atoms with van der Waals surface area (Å²) in [6, 6.07) is 12.4. The third kappa shape index (κ3) is 7.34. The zero-order chi connectivity index (χ0) is 28.6. The summed E-state index contributed by atoms with van der Waals surface area (Å²) in [5.41, 5.74) is 4.42. The summed E-state index contributed by atoms with van der Waals surface area (Å²) in [5, 5.41) is 16.3. The number of nitrogens with zero attached hydrogens (tertiary/aromatic N) is 2. The normalized spacial score (nSPS) is 15.0. The molecule has 0 spiro atoms. The van der Waals surface area contributed by atoms with Crippen LogP contribution in [0.3, 0.4) is 0 Å². The van der Waals surface area contributed by atoms with Crippen molar-refractivity contribution in [3.63, 3.8) is 0 Å². The Hall–Kier alpha value is -4.47. The predicted octanol–water partition coefficient (Wildman–Crippen LogP) is 2.40. The van der Waals surface area contributed by atoms with E-state index in [9.17, 15) is 24.3 Å². The Labute approximate surface area is 232 Å². The second-order valence-electron chi connectivity index (χ2n) is 10.0. The van der Waals surface area contributed by atoms with Crippen molar-refractivity contribution in [2.24, 2.45) is 0 Å². The molecule has 210 valence electrons. The zero-order valence-corrected chi connectivity index (χ0v) is 22.9. The average Bonchev–Trinajstić information content (AvgIpc) is 2.92. The summed E-state index contributed by atoms with van der Waals surface area (Å²) in [5.74, 6) is -0.533. The van der Waals surface area contributed by atoms with Gasteiger partial charge in [0.25, 0.3) is 5.91 Å². The molecule has 0 saturated heterocycles. The minimum Gasteiger partial charge on any atom is -0.507 e. The Morgan fingerprint density at radius 3 is 2.60 bits per heavy atom. The van der Waals surface area contributed by atoms with Gasteiger partial charge in [0.05, 0.1) is 6.54 Å². The Morgan fingerprint density at radius 1 is 1.00 bits per heavy atom. The van der Waals surface area contributed by atoms with E-state index in [1.165, 1.54) is 0 Å². The molecular formula is C30H35N5O5. The highest BCUT2D eigenvalue weighted by atomic mass is 16.3. The fourth-order valence-corrected chi connectivity index (χ4v) is 4.91. The molecule has 1 aromatic heterocycles. The van der Waals surface area contributed by atoms with Crippen molar-refractivity contribution in [3.8, 4) is 16.9 Å². The van der Waals surface area contributed by atoms with Gasteiger partial charge in [-0.1, -0.05) is 18.2 Å². The summed E-state index contributed by atoms with van der Waals surface area (Å²) in [6.45, 7) is 4.61. The van der Waals surface area contributed by atoms with Crippen molar-refractivity contribution >= 4 is 17.7 Å². The maximum atomic E-state index is 13.2. The number of aromatic hydroxyl groups is 1. The molecule has 3 amide bonds. The molecule has 1 aliphatic rings. The van der Waals surface area contributed by atoms with E-state index in [4.69, 9.17) is 0 Å². The van der Waals surface area contributed by atoms with E-state index in [0.717, 1.165) is 16.7 Å². The molecule has 0 radical (unpaired) electrons. The topological polar surface area (TPSA) is 144 Å². The van der Waals surface area contributed by atoms with Crippen molar-refractivity contribution in [1.29, 1.82) is 0 Å². The van der Waals surface area contributed by atoms with E-state index >= 15 is 0 Å². The molecule has 0 aliphatic carbocycles. The molecule has 10 nitrogen and oxygen atoms in total. The highest BCUT2D eigenvalue weighted by molar-refractivity contribution is 5.95. The van der Waals surface area contributed by atoms with Crippen LogP contribution in [0.2, 0.25) is 0 Å². The highest BCUT2D eigenvalue weighted by Gasteiger charge is 2.19. The number of carbonyl (C=O) groups is 3. The van der Waals surface area contributed by atoms with Gasteiger partial charge in [-0.2, -0.15) is 4.98 Å². The van der Waals surface area contributed by atoms with E-state index in [-0.39, 0.29) is 36.4 Å². The van der Waals surface area contributed by atoms with Crippen LogP contribution < -0.4 is 16.3 Å². The summed E-state index contributed by atoms with van der Waals surface area (Å²) in [6.07, 6.45) is 2.34. The molecule has 10 heteroatoms. The van der Waals surface area contributed by atoms with E-state index in [1.54, 1.807) is 49.1 Å². The molecule has 4 bridgehead atoms. The summed E-state index contributed by atoms with van der Waals surface area (Å²) in [7, 11) is 0. The first-order valence-corrected chi connectivity index (χ1v) is 13.5. The molecule has 0 unspecified atom stereocenters. The molecule has 3 aromatic rings. The second-order valence-corrected chi connectivity index (χ2v) is 10.0. The van der Waals surface area contributed by atoms with Crippen LogP contribution in [0, 0.1) is 13.8 Å². The molecule has 1 aliphatic heterocycles. The van der Waals surface area contributed by atoms with Crippen LogP contribution in [0.4, 0.5) is 0 Å². The molecule has 0 atom stereocenters. The van der Waals surface area contributed by atoms with Crippen LogP contribution in [-0.4, -0.2) is 63.9 Å². The van der Waals surface area contributed by atoms with Crippen molar-refractivity contribution in [2.45, 2.75) is 46.0 Å². The van der Waals surface area contributed by atoms with Crippen LogP contribution in [0.5, 0.6) is 5.75 Å². The lowest BCUT2D eigenvalue weighted by molar-refractivity contribution is -0.136. The SMILES string of the molecule is Cc1nc(=O)[nH]c(C)c1CCC(=O)N1CCCCNC(=O)c2cccc(c2)-c2cc(ccc2O)CCNC(=O)C1. The van der Waals surface area contributed by atoms with Crippen LogP contribution in [-0.2, 0) is 22.4 Å². The van der Waals surface area contributed by atoms with Gasteiger partial charge in [0.1, 0.15) is 5.75 Å². The van der Waals surface area contributed by atoms with Gasteiger partial charge in [-0.05, 0) is 80.5 Å². The predicted molar refractivity (Wildman–Crippen MR) is 151 cm³/mol. The summed E-state index contributed by atoms with van der Waals surface area (Å²) >= 11 is 0. The molecule has 4 N–H and O–H groups in total. The maximum Gasteiger partial charge on any atom is 0.345 e. The number of carbonyl (C=O) groups excluding carboxylic acids is 3. The van der Waals surface area contributed by atoms with Gasteiger partial charge in [-0.25, -0.2) is 4.79 Å². The van der Waals surface area contributed by atoms with Gasteiger partial charge in [-0.3, -0.25) is 14.4 Å². The molecule has 4 rings (SSSR count). The summed E-state index contributed by atoms with van der Waals surface area (Å²) < 4.78 is 0. The van der Waals surface area contributed by atoms with Crippen molar-refractivity contribution in [1.82, 2.24) is 25.5 Å². The van der Waals surface area contributed by atoms with Gasteiger partial charge >= 0.3 is 5.69 Å². The number of benzene rings is 2. The lowest BCUT2D eigenvalue weighted by Gasteiger charge is -2.23. The van der Waals surface area contributed by atoms with Gasteiger partial charge in [-0.15, -0.1) is 0 Å². The lowest BCUT2D eigenvalue weighted by atomic mass is 9.98. The number of nitrogens with one attached hydrogen (secondary N) is 3. The number of rotatable bonds is 3. The van der Waals surface area contributed by atoms with E-state index in [0.29, 0.717) is 67.8 Å². The van der Waals surface area contributed by atoms with Crippen LogP contribution in [0.1, 0.15) is 52.1 Å². The third-order valence-corrected chi connectivity index (χ3v) is 7.10. The molecule has 2 heterocycles. The van der Waals surface area contributed by atoms with E-state index < -0.39 is 5.69 Å². The largest absolute Gasteiger partial charge is 0.507 e. The van der Waals surface area contributed by atoms with Gasteiger partial charge in [0.15, 0.2) is 0 Å². The number of phenols is 1. The van der Waals surface area contributed by atoms with Crippen LogP contribution in [0.15, 0.2) is 47.3 Å². The number of hydrogen-bond donors (Lipinski definition) is 4. The molecule has 0 fully saturated rings. The standard InChI is InChI=1S/C30H35N5O5/c1-19-24(20(2)34-30(40)33-19)9-11-28(38)35-15-4-3-13-32-29(39)23-7-5-6-22(17-23)25-16-21(8-10-26(25)36)12-14-31-27(37)18-35/h5-8,10,16-17,36H,3-4,9,11-15,18H2,1-2H3,(H,31,37)(H,32,39)(H,33,34,40). The monoisotopic (exact) mass is 545 g/mol. The first-order valence-electron chi connectivity index (χ1n) is 13.5. The number of hydrogen-bond acceptors (Lipinski definition) is 6. The van der Waals surface area contributed by atoms with Gasteiger partial charge in [0.2, 0.25) is 11.8 Å². The quantitative estimate of drug-likeness (QED) is 0.398. The minimum atomic E-state index is -0.419. The van der Waals surface area contributed by atoms with Gasteiger partial charge < -0.3 is 25.6 Å². The van der Waals surface area contributed by atoms with E-state index in [1.807, 2.05) is 12.1 Å². The minimum absolute atomic E-state index is 0.0710. The Bertz CT molecular complexity index is 1440. The molecule has 2 aromatic carbocycles. The first-order chi connectivity index (χ1) is 19.2. The number of aromatic nitrogens is 2. The number of H-pyrrole nitrogens is 1. The Morgan fingerprint density at radius 2 is 1.80 bits per heavy atom. The smallest absolute Gasteiger partial charge is 0.345 e. The molecule has 0 saturated carbocycles. The third-order valence-electron chi connectivity index (χ3n) is 7.10. The summed E-state index contributed by atoms with van der Waals surface area (Å²) in [4.78, 5) is 58.5. The average molecular weight is 546 g/mol. The highest BCUT2D eigenvalue weighted by Crippen LogP contribution is 2.30. The zero-order valence-electron chi connectivity index (χ0n) is 22.9. The van der Waals surface area contributed by atoms with Crippen LogP contribution >= 0.6 is 0 Å². The number of aromatic amines is 1. The van der Waals surface area contributed by atoms with Crippen molar-refractivity contribution < 1.29 is 19.5 Å². The fourth-order valence-electron chi connectivity index (χ4n) is 4.91. The van der Waals surface area contributed by atoms with E-state index in [2.05, 4.69) is 20.6 Å². The number of aryl methyl sites for hydroxylation is 2. The molecule has 40 heavy (non-hydrogen) atoms. The van der Waals surface area contributed by atoms with Gasteiger partial charge in [0, 0.05) is 48.6 Å². The number of fused-ring (bicyclic) bond motifs is 5. The maximum absolute atomic E-state index is 13.2. The fraction of sp³-hybridized carbons (Fsp3) is 0.367. The van der Waals surface area contributed by atoms with Crippen LogP contribution in [0.25, 0.3) is 11.1 Å².